The van der Waals surface area contributed by atoms with Crippen molar-refractivity contribution in [2.45, 2.75) is 19.3 Å². The lowest BCUT2D eigenvalue weighted by atomic mass is 10.2. The Morgan fingerprint density at radius 2 is 2.08 bits per heavy atom. The fourth-order valence-corrected chi connectivity index (χ4v) is 3.39. The van der Waals surface area contributed by atoms with Gasteiger partial charge in [0, 0.05) is 18.2 Å². The van der Waals surface area contributed by atoms with Gasteiger partial charge in [-0.3, -0.25) is 14.9 Å². The SMILES string of the molecule is O=C(CCCc1nc2ccccc2s1)Nc1ccc(F)c([N+](=O)[O-])c1. The molecule has 1 N–H and O–H groups in total. The number of anilines is 1. The lowest BCUT2D eigenvalue weighted by Gasteiger charge is -2.05. The van der Waals surface area contributed by atoms with Crippen molar-refractivity contribution in [2.75, 3.05) is 5.32 Å². The molecule has 1 aromatic heterocycles. The Morgan fingerprint density at radius 3 is 2.84 bits per heavy atom. The molecule has 0 bridgehead atoms. The third-order valence-corrected chi connectivity index (χ3v) is 4.66. The highest BCUT2D eigenvalue weighted by Crippen LogP contribution is 2.24. The number of aryl methyl sites for hydroxylation is 1. The zero-order valence-electron chi connectivity index (χ0n) is 13.1. The average molecular weight is 359 g/mol. The number of benzene rings is 2. The van der Waals surface area contributed by atoms with Crippen molar-refractivity contribution in [2.24, 2.45) is 0 Å². The predicted molar refractivity (Wildman–Crippen MR) is 94.2 cm³/mol. The quantitative estimate of drug-likeness (QED) is 0.525. The van der Waals surface area contributed by atoms with Crippen LogP contribution in [0.2, 0.25) is 0 Å². The molecule has 3 rings (SSSR count). The first-order valence-corrected chi connectivity index (χ1v) is 8.43. The first-order valence-electron chi connectivity index (χ1n) is 7.61. The lowest BCUT2D eigenvalue weighted by Crippen LogP contribution is -2.11. The molecule has 8 heteroatoms. The number of fused-ring (bicyclic) bond motifs is 1. The molecule has 25 heavy (non-hydrogen) atoms. The van der Waals surface area contributed by atoms with E-state index >= 15 is 0 Å². The molecule has 0 fully saturated rings. The van der Waals surface area contributed by atoms with Crippen molar-refractivity contribution in [1.29, 1.82) is 0 Å². The van der Waals surface area contributed by atoms with Crippen LogP contribution < -0.4 is 5.32 Å². The molecule has 0 aliphatic carbocycles. The number of halogens is 1. The molecule has 0 aliphatic rings. The van der Waals surface area contributed by atoms with Gasteiger partial charge in [0.25, 0.3) is 0 Å². The van der Waals surface area contributed by atoms with Gasteiger partial charge in [-0.1, -0.05) is 12.1 Å². The summed E-state index contributed by atoms with van der Waals surface area (Å²) in [6, 6.07) is 11.1. The number of carbonyl (C=O) groups excluding carboxylic acids is 1. The Hall–Kier alpha value is -2.87. The van der Waals surface area contributed by atoms with E-state index in [9.17, 15) is 19.3 Å². The monoisotopic (exact) mass is 359 g/mol. The summed E-state index contributed by atoms with van der Waals surface area (Å²) in [5.74, 6) is -1.21. The van der Waals surface area contributed by atoms with Crippen LogP contribution >= 0.6 is 11.3 Å². The maximum absolute atomic E-state index is 13.3. The fraction of sp³-hybridized carbons (Fsp3) is 0.176. The van der Waals surface area contributed by atoms with E-state index in [0.717, 1.165) is 27.4 Å². The van der Waals surface area contributed by atoms with Crippen LogP contribution in [0, 0.1) is 15.9 Å². The lowest BCUT2D eigenvalue weighted by molar-refractivity contribution is -0.387. The van der Waals surface area contributed by atoms with Crippen LogP contribution in [0.25, 0.3) is 10.2 Å². The van der Waals surface area contributed by atoms with Gasteiger partial charge in [-0.15, -0.1) is 11.3 Å². The molecule has 0 spiro atoms. The maximum Gasteiger partial charge on any atom is 0.306 e. The Morgan fingerprint density at radius 1 is 1.28 bits per heavy atom. The van der Waals surface area contributed by atoms with E-state index in [-0.39, 0.29) is 18.0 Å². The summed E-state index contributed by atoms with van der Waals surface area (Å²) >= 11 is 1.60. The fourth-order valence-electron chi connectivity index (χ4n) is 2.38. The molecule has 0 unspecified atom stereocenters. The largest absolute Gasteiger partial charge is 0.326 e. The zero-order valence-corrected chi connectivity index (χ0v) is 13.9. The number of para-hydroxylation sites is 1. The predicted octanol–water partition coefficient (Wildman–Crippen LogP) is 4.31. The van der Waals surface area contributed by atoms with Gasteiger partial charge in [0.05, 0.1) is 20.1 Å². The van der Waals surface area contributed by atoms with Crippen molar-refractivity contribution in [1.82, 2.24) is 4.98 Å². The summed E-state index contributed by atoms with van der Waals surface area (Å²) in [5, 5.41) is 14.2. The number of nitro groups is 1. The summed E-state index contributed by atoms with van der Waals surface area (Å²) < 4.78 is 14.4. The number of carbonyl (C=O) groups is 1. The Bertz CT molecular complexity index is 909. The summed E-state index contributed by atoms with van der Waals surface area (Å²) in [4.78, 5) is 26.3. The van der Waals surface area contributed by atoms with Crippen molar-refractivity contribution in [3.05, 3.63) is 63.4 Å². The van der Waals surface area contributed by atoms with Crippen LogP contribution in [0.3, 0.4) is 0 Å². The molecule has 3 aromatic rings. The number of nitrogens with one attached hydrogen (secondary N) is 1. The van der Waals surface area contributed by atoms with Crippen molar-refractivity contribution >= 4 is 38.8 Å². The van der Waals surface area contributed by atoms with E-state index in [1.807, 2.05) is 24.3 Å². The number of amides is 1. The number of hydrogen-bond acceptors (Lipinski definition) is 5. The first kappa shape index (κ1) is 17.0. The van der Waals surface area contributed by atoms with Gasteiger partial charge in [0.2, 0.25) is 11.7 Å². The topological polar surface area (TPSA) is 85.1 Å². The Labute approximate surface area is 146 Å². The molecule has 2 aromatic carbocycles. The maximum atomic E-state index is 13.3. The van der Waals surface area contributed by atoms with E-state index in [4.69, 9.17) is 0 Å². The number of aromatic nitrogens is 1. The second kappa shape index (κ2) is 7.35. The van der Waals surface area contributed by atoms with Crippen LogP contribution in [0.1, 0.15) is 17.8 Å². The van der Waals surface area contributed by atoms with E-state index in [0.29, 0.717) is 12.8 Å². The zero-order chi connectivity index (χ0) is 17.8. The van der Waals surface area contributed by atoms with Gasteiger partial charge in [0.1, 0.15) is 0 Å². The number of rotatable bonds is 6. The molecule has 6 nitrogen and oxygen atoms in total. The smallest absolute Gasteiger partial charge is 0.306 e. The third kappa shape index (κ3) is 4.16. The minimum absolute atomic E-state index is 0.207. The number of thiazole rings is 1. The highest BCUT2D eigenvalue weighted by Gasteiger charge is 2.15. The van der Waals surface area contributed by atoms with Crippen molar-refractivity contribution in [3.8, 4) is 0 Å². The van der Waals surface area contributed by atoms with Crippen molar-refractivity contribution < 1.29 is 14.1 Å². The Balaban J connectivity index is 1.54. The molecule has 0 aliphatic heterocycles. The molecule has 0 saturated carbocycles. The van der Waals surface area contributed by atoms with E-state index in [1.165, 1.54) is 6.07 Å². The molecule has 0 atom stereocenters. The van der Waals surface area contributed by atoms with E-state index in [2.05, 4.69) is 10.3 Å². The highest BCUT2D eigenvalue weighted by molar-refractivity contribution is 7.18. The van der Waals surface area contributed by atoms with E-state index < -0.39 is 16.4 Å². The summed E-state index contributed by atoms with van der Waals surface area (Å²) in [6.07, 6.45) is 1.53. The molecule has 0 saturated heterocycles. The summed E-state index contributed by atoms with van der Waals surface area (Å²) in [7, 11) is 0. The number of nitrogens with zero attached hydrogens (tertiary/aromatic N) is 2. The molecule has 0 radical (unpaired) electrons. The normalized spacial score (nSPS) is 10.8. The number of nitro benzene ring substituents is 1. The van der Waals surface area contributed by atoms with Gasteiger partial charge in [0.15, 0.2) is 0 Å². The minimum Gasteiger partial charge on any atom is -0.326 e. The molecule has 128 valence electrons. The van der Waals surface area contributed by atoms with Crippen LogP contribution in [0.15, 0.2) is 42.5 Å². The minimum atomic E-state index is -0.932. The van der Waals surface area contributed by atoms with Gasteiger partial charge >= 0.3 is 5.69 Å². The molecule has 1 amide bonds. The van der Waals surface area contributed by atoms with Crippen LogP contribution in [-0.4, -0.2) is 15.8 Å². The highest BCUT2D eigenvalue weighted by atomic mass is 32.1. The standard InChI is InChI=1S/C17H14FN3O3S/c18-12-9-8-11(10-14(12)21(23)24)19-16(22)6-3-7-17-20-13-4-1-2-5-15(13)25-17/h1-2,4-5,8-10H,3,6-7H2,(H,19,22). The number of hydrogen-bond donors (Lipinski definition) is 1. The summed E-state index contributed by atoms with van der Waals surface area (Å²) in [6.45, 7) is 0. The van der Waals surface area contributed by atoms with Gasteiger partial charge in [-0.05, 0) is 37.1 Å². The van der Waals surface area contributed by atoms with Gasteiger partial charge < -0.3 is 5.32 Å². The molecular formula is C17H14FN3O3S. The van der Waals surface area contributed by atoms with Crippen LogP contribution in [-0.2, 0) is 11.2 Å². The first-order chi connectivity index (χ1) is 12.0. The van der Waals surface area contributed by atoms with Gasteiger partial charge in [-0.2, -0.15) is 4.39 Å². The second-order valence-electron chi connectivity index (χ2n) is 5.40. The van der Waals surface area contributed by atoms with Gasteiger partial charge in [-0.25, -0.2) is 4.98 Å². The van der Waals surface area contributed by atoms with Crippen LogP contribution in [0.5, 0.6) is 0 Å². The van der Waals surface area contributed by atoms with Crippen molar-refractivity contribution in [3.63, 3.8) is 0 Å². The second-order valence-corrected chi connectivity index (χ2v) is 6.52. The molecule has 1 heterocycles. The summed E-state index contributed by atoms with van der Waals surface area (Å²) in [5.41, 5.74) is 0.496. The van der Waals surface area contributed by atoms with Crippen LogP contribution in [0.4, 0.5) is 15.8 Å². The average Bonchev–Trinajstić information content (AvgIpc) is 2.99. The molecular weight excluding hydrogens is 345 g/mol. The Kier molecular flexibility index (Phi) is 4.99. The van der Waals surface area contributed by atoms with E-state index in [1.54, 1.807) is 11.3 Å². The third-order valence-electron chi connectivity index (χ3n) is 3.56.